The van der Waals surface area contributed by atoms with Crippen LogP contribution in [0, 0.1) is 5.82 Å². The van der Waals surface area contributed by atoms with Gasteiger partial charge in [0.15, 0.2) is 9.84 Å². The molecule has 3 heterocycles. The third-order valence-corrected chi connectivity index (χ3v) is 6.88. The average molecular weight is 507 g/mol. The van der Waals surface area contributed by atoms with E-state index in [2.05, 4.69) is 10.1 Å². The van der Waals surface area contributed by atoms with E-state index in [0.29, 0.717) is 22.4 Å². The first kappa shape index (κ1) is 23.9. The molecule has 9 nitrogen and oxygen atoms in total. The summed E-state index contributed by atoms with van der Waals surface area (Å²) in [6, 6.07) is 3.72. The second-order valence-corrected chi connectivity index (χ2v) is 10.9. The Labute approximate surface area is 200 Å². The molecule has 1 unspecified atom stereocenters. The van der Waals surface area contributed by atoms with Gasteiger partial charge in [-0.3, -0.25) is 4.90 Å². The van der Waals surface area contributed by atoms with Crippen molar-refractivity contribution >= 4 is 32.2 Å². The van der Waals surface area contributed by atoms with Crippen molar-refractivity contribution in [1.82, 2.24) is 19.5 Å². The molecular weight excluding hydrogens is 483 g/mol. The predicted octanol–water partition coefficient (Wildman–Crippen LogP) is 4.07. The summed E-state index contributed by atoms with van der Waals surface area (Å²) in [5.74, 6) is -0.680. The number of ether oxygens (including phenoxy) is 2. The van der Waals surface area contributed by atoms with Crippen molar-refractivity contribution in [3.63, 3.8) is 0 Å². The van der Waals surface area contributed by atoms with Gasteiger partial charge in [0.2, 0.25) is 4.96 Å². The maximum absolute atomic E-state index is 14.5. The number of amides is 1. The van der Waals surface area contributed by atoms with E-state index in [4.69, 9.17) is 9.47 Å². The Bertz CT molecular complexity index is 1380. The minimum absolute atomic E-state index is 0.0939. The normalized spacial score (nSPS) is 15.0. The molecule has 1 aliphatic rings. The van der Waals surface area contributed by atoms with E-state index in [1.165, 1.54) is 32.9 Å². The fourth-order valence-corrected chi connectivity index (χ4v) is 4.67. The van der Waals surface area contributed by atoms with E-state index < -0.39 is 21.7 Å². The zero-order valence-electron chi connectivity index (χ0n) is 18.9. The Hall–Kier alpha value is -3.25. The molecule has 1 aromatic carbocycles. The van der Waals surface area contributed by atoms with Gasteiger partial charge in [0.25, 0.3) is 5.19 Å². The summed E-state index contributed by atoms with van der Waals surface area (Å²) >= 11 is 1.19. The van der Waals surface area contributed by atoms with Crippen LogP contribution in [-0.4, -0.2) is 59.0 Å². The van der Waals surface area contributed by atoms with Gasteiger partial charge in [-0.05, 0) is 62.0 Å². The van der Waals surface area contributed by atoms with Crippen LogP contribution < -0.4 is 4.74 Å². The van der Waals surface area contributed by atoms with Crippen LogP contribution in [0.4, 0.5) is 9.18 Å². The van der Waals surface area contributed by atoms with Gasteiger partial charge in [-0.1, -0.05) is 6.08 Å². The Kier molecular flexibility index (Phi) is 6.45. The number of hydrogen-bond acceptors (Lipinski definition) is 8. The molecule has 0 aliphatic carbocycles. The fraction of sp³-hybridized carbons (Fsp3) is 0.318. The van der Waals surface area contributed by atoms with Crippen LogP contribution in [-0.2, 0) is 14.6 Å². The highest BCUT2D eigenvalue weighted by Crippen LogP contribution is 2.29. The summed E-state index contributed by atoms with van der Waals surface area (Å²) in [5.41, 5.74) is 1.40. The summed E-state index contributed by atoms with van der Waals surface area (Å²) in [6.45, 7) is 5.83. The first-order valence-electron chi connectivity index (χ1n) is 10.4. The van der Waals surface area contributed by atoms with Crippen LogP contribution in [0.3, 0.4) is 0 Å². The summed E-state index contributed by atoms with van der Waals surface area (Å²) in [5, 5.41) is 4.73. The number of aromatic nitrogens is 3. The van der Waals surface area contributed by atoms with Crippen LogP contribution in [0.15, 0.2) is 53.2 Å². The summed E-state index contributed by atoms with van der Waals surface area (Å²) < 4.78 is 50.3. The van der Waals surface area contributed by atoms with Crippen molar-refractivity contribution in [2.45, 2.75) is 37.9 Å². The Morgan fingerprint density at radius 1 is 1.26 bits per heavy atom. The largest absolute Gasteiger partial charge is 0.461 e. The maximum atomic E-state index is 14.5. The van der Waals surface area contributed by atoms with E-state index >= 15 is 0 Å². The topological polar surface area (TPSA) is 103 Å². The molecule has 3 aromatic rings. The minimum atomic E-state index is -3.50. The lowest BCUT2D eigenvalue weighted by atomic mass is 10.1. The lowest BCUT2D eigenvalue weighted by molar-refractivity contribution is 0.0912. The number of carbonyl (C=O) groups is 1. The van der Waals surface area contributed by atoms with Gasteiger partial charge in [-0.2, -0.15) is 0 Å². The molecule has 0 saturated heterocycles. The number of imidazole rings is 1. The number of benzene rings is 1. The fourth-order valence-electron chi connectivity index (χ4n) is 3.23. The van der Waals surface area contributed by atoms with Crippen molar-refractivity contribution < 1.29 is 27.1 Å². The molecule has 0 spiro atoms. The van der Waals surface area contributed by atoms with Crippen molar-refractivity contribution in [2.75, 3.05) is 12.8 Å². The Morgan fingerprint density at radius 3 is 2.62 bits per heavy atom. The number of sulfone groups is 1. The molecule has 12 heteroatoms. The molecule has 0 saturated carbocycles. The number of nitrogens with zero attached hydrogens (tertiary/aromatic N) is 4. The summed E-state index contributed by atoms with van der Waals surface area (Å²) in [4.78, 5) is 18.2. The standard InChI is InChI=1S/C22H23FN4O5S2/c1-13(2)31-22(28)26-9-7-15(8-10-26)14(3)32-21-25-27-12-19(24-20(27)33-21)17-6-5-16(11-18(17)23)34(4,29)30/h5-9,11-14H,10H2,1-4H3. The SMILES string of the molecule is CC(C)OC(=O)N1C=CC(C(C)Oc2nn3cc(-c4ccc(S(C)(=O)=O)cc4F)nc3s2)=CC1. The molecular formula is C22H23FN4O5S2. The molecule has 0 bridgehead atoms. The number of halogens is 1. The van der Waals surface area contributed by atoms with Gasteiger partial charge in [-0.15, -0.1) is 5.10 Å². The van der Waals surface area contributed by atoms with Crippen LogP contribution in [0.25, 0.3) is 16.2 Å². The predicted molar refractivity (Wildman–Crippen MR) is 125 cm³/mol. The van der Waals surface area contributed by atoms with Crippen LogP contribution in [0.2, 0.25) is 0 Å². The zero-order chi connectivity index (χ0) is 24.6. The van der Waals surface area contributed by atoms with E-state index in [0.717, 1.165) is 17.9 Å². The van der Waals surface area contributed by atoms with Crippen LogP contribution >= 0.6 is 11.3 Å². The van der Waals surface area contributed by atoms with Gasteiger partial charge in [-0.25, -0.2) is 27.1 Å². The highest BCUT2D eigenvalue weighted by molar-refractivity contribution is 7.90. The first-order valence-corrected chi connectivity index (χ1v) is 13.1. The van der Waals surface area contributed by atoms with Gasteiger partial charge < -0.3 is 9.47 Å². The molecule has 0 fully saturated rings. The van der Waals surface area contributed by atoms with Crippen molar-refractivity contribution in [3.05, 3.63) is 54.1 Å². The third-order valence-electron chi connectivity index (χ3n) is 4.96. The second-order valence-electron chi connectivity index (χ2n) is 8.00. The second kappa shape index (κ2) is 9.18. The summed E-state index contributed by atoms with van der Waals surface area (Å²) in [6.07, 6.45) is 6.98. The number of rotatable bonds is 6. The zero-order valence-corrected chi connectivity index (χ0v) is 20.6. The average Bonchev–Trinajstić information content (AvgIpc) is 3.31. The van der Waals surface area contributed by atoms with Gasteiger partial charge in [0.05, 0.1) is 22.9 Å². The maximum Gasteiger partial charge on any atom is 0.414 e. The van der Waals surface area contributed by atoms with Crippen molar-refractivity contribution in [2.24, 2.45) is 0 Å². The van der Waals surface area contributed by atoms with Gasteiger partial charge >= 0.3 is 6.09 Å². The van der Waals surface area contributed by atoms with Crippen molar-refractivity contribution in [3.8, 4) is 16.5 Å². The molecule has 34 heavy (non-hydrogen) atoms. The molecule has 0 radical (unpaired) electrons. The monoisotopic (exact) mass is 506 g/mol. The molecule has 1 atom stereocenters. The molecule has 0 N–H and O–H groups in total. The van der Waals surface area contributed by atoms with E-state index in [1.807, 2.05) is 13.0 Å². The lowest BCUT2D eigenvalue weighted by Gasteiger charge is -2.23. The molecule has 1 aliphatic heterocycles. The number of fused-ring (bicyclic) bond motifs is 1. The van der Waals surface area contributed by atoms with Crippen LogP contribution in [0.5, 0.6) is 5.19 Å². The highest BCUT2D eigenvalue weighted by Gasteiger charge is 2.20. The van der Waals surface area contributed by atoms with Crippen LogP contribution in [0.1, 0.15) is 20.8 Å². The highest BCUT2D eigenvalue weighted by atomic mass is 32.2. The third kappa shape index (κ3) is 5.12. The van der Waals surface area contributed by atoms with Crippen molar-refractivity contribution in [1.29, 1.82) is 0 Å². The number of carbonyl (C=O) groups excluding carboxylic acids is 1. The number of hydrogen-bond donors (Lipinski definition) is 0. The molecule has 180 valence electrons. The quantitative estimate of drug-likeness (QED) is 0.497. The van der Waals surface area contributed by atoms with E-state index in [1.54, 1.807) is 32.3 Å². The van der Waals surface area contributed by atoms with Gasteiger partial charge in [0.1, 0.15) is 11.9 Å². The van der Waals surface area contributed by atoms with Gasteiger partial charge in [0, 0.05) is 24.6 Å². The smallest absolute Gasteiger partial charge is 0.414 e. The Morgan fingerprint density at radius 2 is 2.03 bits per heavy atom. The summed E-state index contributed by atoms with van der Waals surface area (Å²) in [7, 11) is -3.50. The Balaban J connectivity index is 1.44. The molecule has 1 amide bonds. The lowest BCUT2D eigenvalue weighted by Crippen LogP contribution is -2.31. The minimum Gasteiger partial charge on any atom is -0.461 e. The molecule has 4 rings (SSSR count). The molecule has 2 aromatic heterocycles. The van der Waals surface area contributed by atoms with E-state index in [-0.39, 0.29) is 22.7 Å². The first-order chi connectivity index (χ1) is 16.0. The van der Waals surface area contributed by atoms with E-state index in [9.17, 15) is 17.6 Å².